The van der Waals surface area contributed by atoms with Crippen molar-refractivity contribution in [3.63, 3.8) is 0 Å². The lowest BCUT2D eigenvalue weighted by Gasteiger charge is -2.23. The number of carbonyl (C=O) groups is 3. The first-order chi connectivity index (χ1) is 16.6. The van der Waals surface area contributed by atoms with Crippen molar-refractivity contribution < 1.29 is 33.3 Å². The van der Waals surface area contributed by atoms with Crippen molar-refractivity contribution in [2.45, 2.75) is 24.6 Å². The maximum absolute atomic E-state index is 12.8. The molecule has 0 amide bonds. The molecule has 1 heterocycles. The Hall–Kier alpha value is -4.48. The molecule has 0 saturated carbocycles. The van der Waals surface area contributed by atoms with Crippen LogP contribution in [0, 0.1) is 11.3 Å². The molecule has 0 N–H and O–H groups in total. The molecule has 0 radical (unpaired) electrons. The molecule has 4 rings (SSSR count). The first-order valence-electron chi connectivity index (χ1n) is 10.4. The molecule has 0 spiro atoms. The van der Waals surface area contributed by atoms with Gasteiger partial charge in [-0.15, -0.1) is 0 Å². The quantitative estimate of drug-likeness (QED) is 0.408. The number of rotatable bonds is 6. The van der Waals surface area contributed by atoms with E-state index < -0.39 is 42.5 Å². The Morgan fingerprint density at radius 1 is 0.618 bits per heavy atom. The minimum atomic E-state index is -1.47. The lowest BCUT2D eigenvalue weighted by atomic mass is 10.1. The zero-order chi connectivity index (χ0) is 23.9. The molecule has 4 atom stereocenters. The van der Waals surface area contributed by atoms with E-state index in [2.05, 4.69) is 0 Å². The third-order valence-corrected chi connectivity index (χ3v) is 5.04. The van der Waals surface area contributed by atoms with Crippen molar-refractivity contribution in [2.75, 3.05) is 0 Å². The Kier molecular flexibility index (Phi) is 6.96. The minimum absolute atomic E-state index is 0.226. The summed E-state index contributed by atoms with van der Waals surface area (Å²) in [6.07, 6.45) is -5.52. The van der Waals surface area contributed by atoms with Gasteiger partial charge in [0.25, 0.3) is 0 Å². The van der Waals surface area contributed by atoms with Gasteiger partial charge in [0.2, 0.25) is 12.4 Å². The summed E-state index contributed by atoms with van der Waals surface area (Å²) in [7, 11) is 0. The van der Waals surface area contributed by atoms with E-state index in [0.29, 0.717) is 0 Å². The maximum Gasteiger partial charge on any atom is 0.340 e. The van der Waals surface area contributed by atoms with Crippen molar-refractivity contribution >= 4 is 17.9 Å². The van der Waals surface area contributed by atoms with Gasteiger partial charge >= 0.3 is 17.9 Å². The molecule has 1 aliphatic heterocycles. The van der Waals surface area contributed by atoms with Crippen LogP contribution in [0.2, 0.25) is 0 Å². The molecular formula is C26H19NO7. The van der Waals surface area contributed by atoms with Crippen LogP contribution in [-0.4, -0.2) is 42.5 Å². The van der Waals surface area contributed by atoms with Crippen molar-refractivity contribution in [3.8, 4) is 6.07 Å². The topological polar surface area (TPSA) is 112 Å². The summed E-state index contributed by atoms with van der Waals surface area (Å²) in [5.74, 6) is -2.25. The van der Waals surface area contributed by atoms with Crippen LogP contribution in [0.15, 0.2) is 91.0 Å². The highest BCUT2D eigenvalue weighted by molar-refractivity contribution is 5.91. The second kappa shape index (κ2) is 10.4. The summed E-state index contributed by atoms with van der Waals surface area (Å²) >= 11 is 0. The van der Waals surface area contributed by atoms with Crippen LogP contribution in [0.5, 0.6) is 0 Å². The van der Waals surface area contributed by atoms with Crippen LogP contribution in [0.25, 0.3) is 0 Å². The van der Waals surface area contributed by atoms with Gasteiger partial charge in [0, 0.05) is 0 Å². The zero-order valence-corrected chi connectivity index (χ0v) is 17.8. The standard InChI is InChI=1S/C26H19NO7/c27-16-20-21(32-23(28)17-10-4-1-5-11-17)22(33-24(29)18-12-6-2-7-13-18)26(31-20)34-25(30)19-14-8-3-9-15-19/h1-15,20-22,26H/t20-,21-,22-,26+/m0/s1. The smallest absolute Gasteiger partial charge is 0.340 e. The summed E-state index contributed by atoms with van der Waals surface area (Å²) in [6, 6.07) is 26.2. The summed E-state index contributed by atoms with van der Waals surface area (Å²) in [6.45, 7) is 0. The van der Waals surface area contributed by atoms with E-state index in [-0.39, 0.29) is 16.7 Å². The van der Waals surface area contributed by atoms with Crippen LogP contribution in [0.4, 0.5) is 0 Å². The van der Waals surface area contributed by atoms with E-state index in [1.807, 2.05) is 6.07 Å². The molecule has 1 saturated heterocycles. The van der Waals surface area contributed by atoms with E-state index in [4.69, 9.17) is 18.9 Å². The van der Waals surface area contributed by atoms with Gasteiger partial charge in [-0.1, -0.05) is 54.6 Å². The van der Waals surface area contributed by atoms with E-state index in [1.54, 1.807) is 54.6 Å². The Bertz CT molecular complexity index is 1190. The Morgan fingerprint density at radius 3 is 1.41 bits per heavy atom. The average Bonchev–Trinajstić information content (AvgIpc) is 3.20. The van der Waals surface area contributed by atoms with Crippen molar-refractivity contribution in [1.29, 1.82) is 5.26 Å². The van der Waals surface area contributed by atoms with E-state index in [0.717, 1.165) is 0 Å². The molecule has 3 aromatic carbocycles. The third kappa shape index (κ3) is 5.11. The fraction of sp³-hybridized carbons (Fsp3) is 0.154. The lowest BCUT2D eigenvalue weighted by Crippen LogP contribution is -2.41. The number of carbonyl (C=O) groups excluding carboxylic acids is 3. The van der Waals surface area contributed by atoms with Crippen LogP contribution < -0.4 is 0 Å². The van der Waals surface area contributed by atoms with Crippen molar-refractivity contribution in [2.24, 2.45) is 0 Å². The molecule has 8 heteroatoms. The first kappa shape index (κ1) is 22.7. The Labute approximate surface area is 195 Å². The number of esters is 3. The SMILES string of the molecule is N#C[C@@H]1O[C@H](OC(=O)c2ccccc2)[C@@H](OC(=O)c2ccccc2)[C@H]1OC(=O)c1ccccc1. The monoisotopic (exact) mass is 457 g/mol. The predicted molar refractivity (Wildman–Crippen MR) is 117 cm³/mol. The zero-order valence-electron chi connectivity index (χ0n) is 17.8. The summed E-state index contributed by atoms with van der Waals surface area (Å²) < 4.78 is 22.0. The molecule has 0 unspecified atom stereocenters. The van der Waals surface area contributed by atoms with Gasteiger partial charge in [-0.25, -0.2) is 14.4 Å². The predicted octanol–water partition coefficient (Wildman–Crippen LogP) is 3.54. The molecule has 34 heavy (non-hydrogen) atoms. The van der Waals surface area contributed by atoms with Gasteiger partial charge in [-0.05, 0) is 36.4 Å². The number of nitriles is 1. The number of hydrogen-bond donors (Lipinski definition) is 0. The third-order valence-electron chi connectivity index (χ3n) is 5.04. The maximum atomic E-state index is 12.8. The Morgan fingerprint density at radius 2 is 1.00 bits per heavy atom. The highest BCUT2D eigenvalue weighted by Crippen LogP contribution is 2.30. The van der Waals surface area contributed by atoms with Crippen molar-refractivity contribution in [3.05, 3.63) is 108 Å². The number of ether oxygens (including phenoxy) is 4. The van der Waals surface area contributed by atoms with Gasteiger partial charge in [0.15, 0.2) is 12.2 Å². The lowest BCUT2D eigenvalue weighted by molar-refractivity contribution is -0.130. The van der Waals surface area contributed by atoms with Gasteiger partial charge in [-0.3, -0.25) is 0 Å². The second-order valence-corrected chi connectivity index (χ2v) is 7.30. The molecule has 170 valence electrons. The van der Waals surface area contributed by atoms with Crippen LogP contribution in [-0.2, 0) is 18.9 Å². The van der Waals surface area contributed by atoms with Gasteiger partial charge in [-0.2, -0.15) is 5.26 Å². The number of benzene rings is 3. The molecular weight excluding hydrogens is 438 g/mol. The second-order valence-electron chi connectivity index (χ2n) is 7.30. The molecule has 8 nitrogen and oxygen atoms in total. The summed E-state index contributed by atoms with van der Waals surface area (Å²) in [4.78, 5) is 38.0. The van der Waals surface area contributed by atoms with Crippen LogP contribution in [0.1, 0.15) is 31.1 Å². The first-order valence-corrected chi connectivity index (χ1v) is 10.4. The number of hydrogen-bond acceptors (Lipinski definition) is 8. The largest absolute Gasteiger partial charge is 0.451 e. The van der Waals surface area contributed by atoms with Crippen LogP contribution in [0.3, 0.4) is 0 Å². The number of nitrogens with zero attached hydrogens (tertiary/aromatic N) is 1. The molecule has 3 aromatic rings. The van der Waals surface area contributed by atoms with Gasteiger partial charge in [0.1, 0.15) is 0 Å². The van der Waals surface area contributed by atoms with Gasteiger partial charge < -0.3 is 18.9 Å². The molecule has 0 bridgehead atoms. The molecule has 0 aliphatic carbocycles. The molecule has 1 fully saturated rings. The highest BCUT2D eigenvalue weighted by Gasteiger charge is 2.52. The Balaban J connectivity index is 1.60. The molecule has 1 aliphatic rings. The minimum Gasteiger partial charge on any atom is -0.451 e. The normalized spacial score (nSPS) is 21.1. The van der Waals surface area contributed by atoms with E-state index in [1.165, 1.54) is 36.4 Å². The van der Waals surface area contributed by atoms with E-state index in [9.17, 15) is 19.6 Å². The fourth-order valence-corrected chi connectivity index (χ4v) is 3.36. The van der Waals surface area contributed by atoms with Crippen molar-refractivity contribution in [1.82, 2.24) is 0 Å². The summed E-state index contributed by atoms with van der Waals surface area (Å²) in [5.41, 5.74) is 0.693. The highest BCUT2D eigenvalue weighted by atomic mass is 16.7. The summed E-state index contributed by atoms with van der Waals surface area (Å²) in [5, 5.41) is 9.61. The average molecular weight is 457 g/mol. The van der Waals surface area contributed by atoms with Gasteiger partial charge in [0.05, 0.1) is 22.8 Å². The van der Waals surface area contributed by atoms with E-state index >= 15 is 0 Å². The fourth-order valence-electron chi connectivity index (χ4n) is 3.36. The van der Waals surface area contributed by atoms with Crippen LogP contribution >= 0.6 is 0 Å². The molecule has 0 aromatic heterocycles.